The molecule has 3 heteroatoms. The van der Waals surface area contributed by atoms with Gasteiger partial charge in [0, 0.05) is 32.7 Å². The van der Waals surface area contributed by atoms with Crippen LogP contribution < -0.4 is 0 Å². The second-order valence-electron chi connectivity index (χ2n) is 3.23. The van der Waals surface area contributed by atoms with E-state index in [4.69, 9.17) is 0 Å². The normalized spacial score (nSPS) is 10.0. The van der Waals surface area contributed by atoms with Crippen LogP contribution in [0.3, 0.4) is 0 Å². The Labute approximate surface area is 123 Å². The Kier molecular flexibility index (Phi) is 3.85. The van der Waals surface area contributed by atoms with Crippen LogP contribution in [0.25, 0.3) is 21.2 Å². The van der Waals surface area contributed by atoms with Crippen LogP contribution in [0.5, 0.6) is 0 Å². The molecule has 0 N–H and O–H groups in total. The van der Waals surface area contributed by atoms with Crippen molar-refractivity contribution in [3.05, 3.63) is 54.2 Å². The maximum absolute atomic E-state index is 4.13. The predicted octanol–water partition coefficient (Wildman–Crippen LogP) is 3.56. The molecule has 1 nitrogen and oxygen atoms in total. The molecule has 0 atom stereocenters. The molecule has 0 spiro atoms. The third kappa shape index (κ3) is 2.10. The van der Waals surface area contributed by atoms with Crippen molar-refractivity contribution in [3.8, 4) is 10.4 Å². The fourth-order valence-corrected chi connectivity index (χ4v) is 2.30. The van der Waals surface area contributed by atoms with E-state index in [0.717, 1.165) is 15.8 Å². The molecule has 2 heterocycles. The quantitative estimate of drug-likeness (QED) is 0.626. The largest absolute Gasteiger partial charge is 0.373 e. The molecular formula is C13H7NSY-2. The maximum atomic E-state index is 4.13. The van der Waals surface area contributed by atoms with Crippen molar-refractivity contribution in [1.29, 1.82) is 0 Å². The number of nitrogens with zero attached hydrogens (tertiary/aromatic N) is 1. The predicted molar refractivity (Wildman–Crippen MR) is 62.7 cm³/mol. The minimum absolute atomic E-state index is 0. The van der Waals surface area contributed by atoms with Gasteiger partial charge in [0.05, 0.1) is 0 Å². The Morgan fingerprint density at radius 2 is 2.06 bits per heavy atom. The molecule has 0 unspecified atom stereocenters. The molecular weight excluding hydrogens is 291 g/mol. The van der Waals surface area contributed by atoms with Gasteiger partial charge in [-0.05, 0) is 0 Å². The number of aromatic nitrogens is 1. The fourth-order valence-electron chi connectivity index (χ4n) is 1.61. The van der Waals surface area contributed by atoms with Crippen molar-refractivity contribution in [2.45, 2.75) is 0 Å². The van der Waals surface area contributed by atoms with Crippen molar-refractivity contribution in [2.75, 3.05) is 0 Å². The van der Waals surface area contributed by atoms with Crippen LogP contribution in [0.2, 0.25) is 0 Å². The summed E-state index contributed by atoms with van der Waals surface area (Å²) in [6, 6.07) is 13.3. The number of thiophene rings is 1. The van der Waals surface area contributed by atoms with Crippen LogP contribution in [-0.2, 0) is 32.7 Å². The second kappa shape index (κ2) is 5.18. The SMILES string of the molecule is [Y].[c-]1ccsc1-c1[c-]ncc2ccccc12. The Morgan fingerprint density at radius 3 is 2.88 bits per heavy atom. The third-order valence-corrected chi connectivity index (χ3v) is 3.14. The van der Waals surface area contributed by atoms with Crippen LogP contribution >= 0.6 is 11.3 Å². The third-order valence-electron chi connectivity index (χ3n) is 2.31. The number of fused-ring (bicyclic) bond motifs is 1. The summed E-state index contributed by atoms with van der Waals surface area (Å²) in [6.45, 7) is 0. The van der Waals surface area contributed by atoms with Gasteiger partial charge in [-0.1, -0.05) is 29.8 Å². The van der Waals surface area contributed by atoms with Gasteiger partial charge in [0.25, 0.3) is 0 Å². The van der Waals surface area contributed by atoms with Crippen molar-refractivity contribution >= 4 is 22.1 Å². The number of benzene rings is 1. The van der Waals surface area contributed by atoms with Crippen LogP contribution in [0.4, 0.5) is 0 Å². The van der Waals surface area contributed by atoms with E-state index in [-0.39, 0.29) is 32.7 Å². The summed E-state index contributed by atoms with van der Waals surface area (Å²) < 4.78 is 0. The minimum atomic E-state index is 0. The molecule has 0 amide bonds. The van der Waals surface area contributed by atoms with E-state index in [0.29, 0.717) is 0 Å². The van der Waals surface area contributed by atoms with E-state index in [1.165, 1.54) is 5.39 Å². The smallest absolute Gasteiger partial charge is 0 e. The molecule has 0 saturated heterocycles. The summed E-state index contributed by atoms with van der Waals surface area (Å²) in [5, 5.41) is 4.35. The van der Waals surface area contributed by atoms with Gasteiger partial charge in [0.15, 0.2) is 0 Å². The molecule has 0 aliphatic carbocycles. The molecule has 0 fully saturated rings. The number of pyridine rings is 1. The molecule has 75 valence electrons. The summed E-state index contributed by atoms with van der Waals surface area (Å²) in [6.07, 6.45) is 4.88. The first-order valence-electron chi connectivity index (χ1n) is 4.66. The van der Waals surface area contributed by atoms with Crippen LogP contribution in [0.15, 0.2) is 41.9 Å². The van der Waals surface area contributed by atoms with Gasteiger partial charge in [0.2, 0.25) is 0 Å². The van der Waals surface area contributed by atoms with Crippen LogP contribution in [0.1, 0.15) is 0 Å². The molecule has 0 saturated carbocycles. The monoisotopic (exact) mass is 298 g/mol. The molecule has 16 heavy (non-hydrogen) atoms. The zero-order valence-electron chi connectivity index (χ0n) is 8.47. The van der Waals surface area contributed by atoms with Crippen LogP contribution in [-0.4, -0.2) is 4.98 Å². The Balaban J connectivity index is 0.000000963. The Bertz CT molecular complexity index is 584. The Morgan fingerprint density at radius 1 is 1.19 bits per heavy atom. The molecule has 2 aromatic heterocycles. The van der Waals surface area contributed by atoms with Gasteiger partial charge >= 0.3 is 0 Å². The number of hydrogen-bond donors (Lipinski definition) is 0. The van der Waals surface area contributed by atoms with Crippen molar-refractivity contribution in [1.82, 2.24) is 4.98 Å². The molecule has 1 radical (unpaired) electrons. The maximum Gasteiger partial charge on any atom is 0 e. The summed E-state index contributed by atoms with van der Waals surface area (Å²) in [7, 11) is 0. The second-order valence-corrected chi connectivity index (χ2v) is 4.14. The molecule has 3 aromatic rings. The standard InChI is InChI=1S/C13H7NS.Y/c1-2-5-11-10(4-1)8-14-9-12(11)13-6-3-7-15-13;/h1-5,7-8H;/q-2;. The van der Waals surface area contributed by atoms with E-state index >= 15 is 0 Å². The van der Waals surface area contributed by atoms with Gasteiger partial charge < -0.3 is 4.98 Å². The van der Waals surface area contributed by atoms with E-state index in [1.54, 1.807) is 11.3 Å². The van der Waals surface area contributed by atoms with Gasteiger partial charge in [-0.25, -0.2) is 11.6 Å². The fraction of sp³-hybridized carbons (Fsp3) is 0. The zero-order valence-corrected chi connectivity index (χ0v) is 12.1. The Hall–Kier alpha value is -0.566. The zero-order chi connectivity index (χ0) is 10.1. The summed E-state index contributed by atoms with van der Waals surface area (Å²) in [5.41, 5.74) is 1.04. The van der Waals surface area contributed by atoms with E-state index in [1.807, 2.05) is 29.8 Å². The topological polar surface area (TPSA) is 12.9 Å². The van der Waals surface area contributed by atoms with Gasteiger partial charge in [-0.15, -0.1) is 17.6 Å². The number of hydrogen-bond acceptors (Lipinski definition) is 2. The number of rotatable bonds is 1. The van der Waals surface area contributed by atoms with Crippen molar-refractivity contribution < 1.29 is 32.7 Å². The first-order chi connectivity index (χ1) is 7.45. The minimum Gasteiger partial charge on any atom is -0.373 e. The van der Waals surface area contributed by atoms with Gasteiger partial charge in [0.1, 0.15) is 0 Å². The molecule has 0 aliphatic heterocycles. The van der Waals surface area contributed by atoms with Crippen LogP contribution in [0, 0.1) is 12.3 Å². The molecule has 0 aliphatic rings. The average molecular weight is 298 g/mol. The van der Waals surface area contributed by atoms with E-state index < -0.39 is 0 Å². The average Bonchev–Trinajstić information content (AvgIpc) is 2.82. The summed E-state index contributed by atoms with van der Waals surface area (Å²) in [5.74, 6) is 0. The van der Waals surface area contributed by atoms with E-state index in [2.05, 4.69) is 29.4 Å². The van der Waals surface area contributed by atoms with Gasteiger partial charge in [-0.3, -0.25) is 11.3 Å². The first kappa shape index (κ1) is 11.9. The van der Waals surface area contributed by atoms with Crippen molar-refractivity contribution in [3.63, 3.8) is 0 Å². The summed E-state index contributed by atoms with van der Waals surface area (Å²) >= 11 is 1.66. The van der Waals surface area contributed by atoms with E-state index in [9.17, 15) is 0 Å². The molecule has 3 rings (SSSR count). The van der Waals surface area contributed by atoms with Gasteiger partial charge in [-0.2, -0.15) is 16.3 Å². The van der Waals surface area contributed by atoms with Crippen molar-refractivity contribution in [2.24, 2.45) is 0 Å². The first-order valence-corrected chi connectivity index (χ1v) is 5.54. The molecule has 0 bridgehead atoms. The molecule has 1 aromatic carbocycles. The summed E-state index contributed by atoms with van der Waals surface area (Å²) in [4.78, 5) is 5.23.